The van der Waals surface area contributed by atoms with Gasteiger partial charge in [0.25, 0.3) is 0 Å². The van der Waals surface area contributed by atoms with Crippen molar-refractivity contribution >= 4 is 0 Å². The van der Waals surface area contributed by atoms with E-state index in [9.17, 15) is 5.11 Å². The predicted molar refractivity (Wildman–Crippen MR) is 85.3 cm³/mol. The van der Waals surface area contributed by atoms with Crippen LogP contribution in [0.15, 0.2) is 72.9 Å². The highest BCUT2D eigenvalue weighted by Crippen LogP contribution is 2.37. The second-order valence-corrected chi connectivity index (χ2v) is 5.09. The van der Waals surface area contributed by atoms with Gasteiger partial charge < -0.3 is 5.11 Å². The summed E-state index contributed by atoms with van der Waals surface area (Å²) in [6.07, 6.45) is 1.78. The van der Waals surface area contributed by atoms with Gasteiger partial charge >= 0.3 is 0 Å². The van der Waals surface area contributed by atoms with Crippen molar-refractivity contribution < 1.29 is 5.11 Å². The summed E-state index contributed by atoms with van der Waals surface area (Å²) in [6.45, 7) is 2.06. The van der Waals surface area contributed by atoms with Gasteiger partial charge in [0.05, 0.1) is 0 Å². The van der Waals surface area contributed by atoms with Gasteiger partial charge in [-0.15, -0.1) is 0 Å². The normalized spacial score (nSPS) is 12.0. The van der Waals surface area contributed by atoms with Crippen molar-refractivity contribution in [1.82, 2.24) is 4.98 Å². The van der Waals surface area contributed by atoms with E-state index in [-0.39, 0.29) is 5.92 Å². The minimum Gasteiger partial charge on any atom is -0.507 e. The number of pyridine rings is 1. The molecule has 1 unspecified atom stereocenters. The van der Waals surface area contributed by atoms with Crippen LogP contribution in [0.5, 0.6) is 5.75 Å². The minimum atomic E-state index is 0.0508. The number of aromatic nitrogens is 1. The first kappa shape index (κ1) is 13.4. The third-order valence-corrected chi connectivity index (χ3v) is 3.75. The number of hydrogen-bond acceptors (Lipinski definition) is 2. The highest BCUT2D eigenvalue weighted by molar-refractivity contribution is 5.72. The van der Waals surface area contributed by atoms with Gasteiger partial charge in [0.1, 0.15) is 5.75 Å². The molecule has 21 heavy (non-hydrogen) atoms. The van der Waals surface area contributed by atoms with Crippen molar-refractivity contribution in [1.29, 1.82) is 0 Å². The Morgan fingerprint density at radius 3 is 2.33 bits per heavy atom. The summed E-state index contributed by atoms with van der Waals surface area (Å²) in [6, 6.07) is 21.7. The number of phenols is 1. The maximum Gasteiger partial charge on any atom is 0.127 e. The number of rotatable bonds is 3. The lowest BCUT2D eigenvalue weighted by molar-refractivity contribution is 0.468. The van der Waals surface area contributed by atoms with Crippen molar-refractivity contribution in [3.05, 3.63) is 84.2 Å². The van der Waals surface area contributed by atoms with Crippen molar-refractivity contribution in [3.63, 3.8) is 0 Å². The summed E-state index contributed by atoms with van der Waals surface area (Å²) in [4.78, 5) is 4.39. The van der Waals surface area contributed by atoms with Gasteiger partial charge in [-0.3, -0.25) is 4.98 Å². The SMILES string of the molecule is CC(c1ccccn1)c1cccc(-c2ccccc2)c1O. The first-order valence-electron chi connectivity index (χ1n) is 7.05. The molecular formula is C19H17NO. The minimum absolute atomic E-state index is 0.0508. The van der Waals surface area contributed by atoms with E-state index in [1.165, 1.54) is 0 Å². The van der Waals surface area contributed by atoms with E-state index in [1.54, 1.807) is 6.20 Å². The van der Waals surface area contributed by atoms with Crippen molar-refractivity contribution in [2.45, 2.75) is 12.8 Å². The highest BCUT2D eigenvalue weighted by atomic mass is 16.3. The average Bonchev–Trinajstić information content (AvgIpc) is 2.56. The molecular weight excluding hydrogens is 258 g/mol. The van der Waals surface area contributed by atoms with E-state index in [0.717, 1.165) is 22.4 Å². The fraction of sp³-hybridized carbons (Fsp3) is 0.105. The Morgan fingerprint density at radius 1 is 0.857 bits per heavy atom. The monoisotopic (exact) mass is 275 g/mol. The largest absolute Gasteiger partial charge is 0.507 e. The number of nitrogens with zero attached hydrogens (tertiary/aromatic N) is 1. The molecule has 1 N–H and O–H groups in total. The summed E-state index contributed by atoms with van der Waals surface area (Å²) in [5, 5.41) is 10.6. The quantitative estimate of drug-likeness (QED) is 0.757. The standard InChI is InChI=1S/C19H17NO/c1-14(18-12-5-6-13-20-18)16-10-7-11-17(19(16)21)15-8-3-2-4-9-15/h2-14,21H,1H3. The number of benzene rings is 2. The number of hydrogen-bond donors (Lipinski definition) is 1. The molecule has 2 aromatic carbocycles. The first-order chi connectivity index (χ1) is 10.3. The fourth-order valence-corrected chi connectivity index (χ4v) is 2.55. The van der Waals surface area contributed by atoms with Crippen LogP contribution in [-0.4, -0.2) is 10.1 Å². The van der Waals surface area contributed by atoms with Gasteiger partial charge in [0.15, 0.2) is 0 Å². The lowest BCUT2D eigenvalue weighted by Crippen LogP contribution is -1.99. The van der Waals surface area contributed by atoms with Crippen LogP contribution in [0.4, 0.5) is 0 Å². The number of para-hydroxylation sites is 1. The van der Waals surface area contributed by atoms with Crippen LogP contribution in [0.2, 0.25) is 0 Å². The van der Waals surface area contributed by atoms with E-state index in [0.29, 0.717) is 5.75 Å². The second kappa shape index (κ2) is 5.80. The smallest absolute Gasteiger partial charge is 0.127 e. The van der Waals surface area contributed by atoms with Gasteiger partial charge in [-0.1, -0.05) is 61.5 Å². The zero-order valence-electron chi connectivity index (χ0n) is 11.9. The lowest BCUT2D eigenvalue weighted by atomic mass is 9.92. The van der Waals surface area contributed by atoms with Crippen LogP contribution >= 0.6 is 0 Å². The summed E-state index contributed by atoms with van der Waals surface area (Å²) >= 11 is 0. The first-order valence-corrected chi connectivity index (χ1v) is 7.05. The van der Waals surface area contributed by atoms with Crippen LogP contribution in [-0.2, 0) is 0 Å². The Kier molecular flexibility index (Phi) is 3.69. The molecule has 3 aromatic rings. The zero-order chi connectivity index (χ0) is 14.7. The molecule has 0 aliphatic heterocycles. The molecule has 2 heteroatoms. The molecule has 0 spiro atoms. The maximum absolute atomic E-state index is 10.6. The highest BCUT2D eigenvalue weighted by Gasteiger charge is 2.16. The van der Waals surface area contributed by atoms with E-state index in [1.807, 2.05) is 66.7 Å². The van der Waals surface area contributed by atoms with Gasteiger partial charge in [-0.25, -0.2) is 0 Å². The number of aromatic hydroxyl groups is 1. The third kappa shape index (κ3) is 2.65. The van der Waals surface area contributed by atoms with Crippen molar-refractivity contribution in [2.75, 3.05) is 0 Å². The van der Waals surface area contributed by atoms with E-state index in [4.69, 9.17) is 0 Å². The van der Waals surface area contributed by atoms with Gasteiger partial charge in [0, 0.05) is 28.9 Å². The van der Waals surface area contributed by atoms with E-state index < -0.39 is 0 Å². The molecule has 3 rings (SSSR count). The van der Waals surface area contributed by atoms with E-state index >= 15 is 0 Å². The summed E-state index contributed by atoms with van der Waals surface area (Å²) in [5.41, 5.74) is 3.73. The second-order valence-electron chi connectivity index (χ2n) is 5.09. The molecule has 0 aliphatic carbocycles. The molecule has 1 aromatic heterocycles. The summed E-state index contributed by atoms with van der Waals surface area (Å²) in [5.74, 6) is 0.386. The molecule has 2 nitrogen and oxygen atoms in total. The number of phenolic OH excluding ortho intramolecular Hbond substituents is 1. The predicted octanol–water partition coefficient (Wildman–Crippen LogP) is 4.61. The average molecular weight is 275 g/mol. The van der Waals surface area contributed by atoms with Gasteiger partial charge in [-0.2, -0.15) is 0 Å². The molecule has 0 bridgehead atoms. The molecule has 0 radical (unpaired) electrons. The topological polar surface area (TPSA) is 33.1 Å². The summed E-state index contributed by atoms with van der Waals surface area (Å²) < 4.78 is 0. The molecule has 0 fully saturated rings. The Labute approximate surface area is 124 Å². The Bertz CT molecular complexity index is 723. The molecule has 104 valence electrons. The fourth-order valence-electron chi connectivity index (χ4n) is 2.55. The lowest BCUT2D eigenvalue weighted by Gasteiger charge is -2.15. The van der Waals surface area contributed by atoms with Gasteiger partial charge in [0.2, 0.25) is 0 Å². The molecule has 0 saturated heterocycles. The van der Waals surface area contributed by atoms with Gasteiger partial charge in [-0.05, 0) is 17.7 Å². The molecule has 1 heterocycles. The van der Waals surface area contributed by atoms with E-state index in [2.05, 4.69) is 11.9 Å². The third-order valence-electron chi connectivity index (χ3n) is 3.75. The summed E-state index contributed by atoms with van der Waals surface area (Å²) in [7, 11) is 0. The molecule has 0 aliphatic rings. The zero-order valence-corrected chi connectivity index (χ0v) is 11.9. The van der Waals surface area contributed by atoms with Crippen LogP contribution in [0.1, 0.15) is 24.1 Å². The maximum atomic E-state index is 10.6. The van der Waals surface area contributed by atoms with Crippen LogP contribution < -0.4 is 0 Å². The Balaban J connectivity index is 2.05. The Morgan fingerprint density at radius 2 is 1.62 bits per heavy atom. The Hall–Kier alpha value is -2.61. The molecule has 1 atom stereocenters. The molecule has 0 saturated carbocycles. The molecule has 0 amide bonds. The van der Waals surface area contributed by atoms with Crippen molar-refractivity contribution in [2.24, 2.45) is 0 Å². The van der Waals surface area contributed by atoms with Crippen molar-refractivity contribution in [3.8, 4) is 16.9 Å². The van der Waals surface area contributed by atoms with Crippen LogP contribution in [0, 0.1) is 0 Å². The van der Waals surface area contributed by atoms with Crippen LogP contribution in [0.25, 0.3) is 11.1 Å². The van der Waals surface area contributed by atoms with Crippen LogP contribution in [0.3, 0.4) is 0 Å².